The molecule has 1 aromatic heterocycles. The van der Waals surface area contributed by atoms with Crippen molar-refractivity contribution in [3.8, 4) is 5.69 Å². The minimum atomic E-state index is -0.456. The van der Waals surface area contributed by atoms with Gasteiger partial charge in [0, 0.05) is 43.5 Å². The van der Waals surface area contributed by atoms with E-state index in [1.807, 2.05) is 0 Å². The average molecular weight is 373 g/mol. The van der Waals surface area contributed by atoms with E-state index in [0.29, 0.717) is 31.1 Å². The summed E-state index contributed by atoms with van der Waals surface area (Å²) in [5, 5.41) is 17.9. The zero-order chi connectivity index (χ0) is 19.4. The molecule has 2 aromatic rings. The highest BCUT2D eigenvalue weighted by Gasteiger charge is 2.29. The number of nitro groups is 1. The lowest BCUT2D eigenvalue weighted by Crippen LogP contribution is -2.55. The Balaban J connectivity index is 1.62. The lowest BCUT2D eigenvalue weighted by atomic mass is 10.0. The number of carbonyl (C=O) groups is 1. The molecule has 0 atom stereocenters. The monoisotopic (exact) mass is 373 g/mol. The van der Waals surface area contributed by atoms with Crippen molar-refractivity contribution in [1.82, 2.24) is 20.0 Å². The molecule has 0 radical (unpaired) electrons. The van der Waals surface area contributed by atoms with Gasteiger partial charge in [0.2, 0.25) is 0 Å². The Hall–Kier alpha value is -2.78. The first-order valence-corrected chi connectivity index (χ1v) is 8.78. The number of hydrogen-bond acceptors (Lipinski definition) is 6. The smallest absolute Gasteiger partial charge is 0.271 e. The topological polar surface area (TPSA) is 103 Å². The van der Waals surface area contributed by atoms with Crippen LogP contribution in [0.15, 0.2) is 36.5 Å². The van der Waals surface area contributed by atoms with Crippen LogP contribution >= 0.6 is 0 Å². The minimum Gasteiger partial charge on any atom is -0.379 e. The van der Waals surface area contributed by atoms with Gasteiger partial charge in [0.05, 0.1) is 23.8 Å². The molecule has 1 N–H and O–H groups in total. The van der Waals surface area contributed by atoms with Crippen LogP contribution in [0.3, 0.4) is 0 Å². The van der Waals surface area contributed by atoms with E-state index in [1.165, 1.54) is 16.8 Å². The number of nitrogens with zero attached hydrogens (tertiary/aromatic N) is 4. The molecule has 0 unspecified atom stereocenters. The van der Waals surface area contributed by atoms with Gasteiger partial charge < -0.3 is 10.1 Å². The first-order chi connectivity index (χ1) is 12.9. The van der Waals surface area contributed by atoms with Crippen molar-refractivity contribution in [3.05, 3.63) is 52.3 Å². The van der Waals surface area contributed by atoms with Crippen molar-refractivity contribution in [3.63, 3.8) is 0 Å². The Labute approximate surface area is 157 Å². The summed E-state index contributed by atoms with van der Waals surface area (Å²) in [5.74, 6) is -0.253. The van der Waals surface area contributed by atoms with E-state index in [-0.39, 0.29) is 17.1 Å². The summed E-state index contributed by atoms with van der Waals surface area (Å²) in [5.41, 5.74) is 0.772. The molecule has 1 aliphatic heterocycles. The van der Waals surface area contributed by atoms with Gasteiger partial charge in [-0.15, -0.1) is 0 Å². The van der Waals surface area contributed by atoms with Crippen molar-refractivity contribution in [2.24, 2.45) is 0 Å². The van der Waals surface area contributed by atoms with Crippen molar-refractivity contribution in [2.45, 2.75) is 19.4 Å². The molecule has 1 amide bonds. The molecule has 9 nitrogen and oxygen atoms in total. The van der Waals surface area contributed by atoms with E-state index in [1.54, 1.807) is 24.4 Å². The van der Waals surface area contributed by atoms with Crippen LogP contribution in [0.25, 0.3) is 5.69 Å². The maximum atomic E-state index is 12.4. The van der Waals surface area contributed by atoms with E-state index in [9.17, 15) is 14.9 Å². The second kappa shape index (κ2) is 7.85. The van der Waals surface area contributed by atoms with E-state index in [2.05, 4.69) is 29.2 Å². The number of non-ortho nitro benzene ring substituents is 1. The van der Waals surface area contributed by atoms with Gasteiger partial charge in [0.25, 0.3) is 11.6 Å². The molecule has 0 aliphatic carbocycles. The molecule has 1 aliphatic rings. The van der Waals surface area contributed by atoms with Crippen molar-refractivity contribution in [2.75, 3.05) is 32.8 Å². The normalized spacial score (nSPS) is 15.5. The fourth-order valence-electron chi connectivity index (χ4n) is 2.98. The summed E-state index contributed by atoms with van der Waals surface area (Å²) in [4.78, 5) is 25.0. The Morgan fingerprint density at radius 1 is 1.26 bits per heavy atom. The third-order valence-electron chi connectivity index (χ3n) is 4.70. The lowest BCUT2D eigenvalue weighted by molar-refractivity contribution is -0.384. The predicted octanol–water partition coefficient (Wildman–Crippen LogP) is 1.62. The number of aromatic nitrogens is 2. The molecule has 27 heavy (non-hydrogen) atoms. The number of rotatable bonds is 6. The molecule has 3 rings (SSSR count). The van der Waals surface area contributed by atoms with E-state index < -0.39 is 4.92 Å². The van der Waals surface area contributed by atoms with Gasteiger partial charge in [-0.25, -0.2) is 4.68 Å². The quantitative estimate of drug-likeness (QED) is 0.610. The second-order valence-electron chi connectivity index (χ2n) is 7.01. The zero-order valence-electron chi connectivity index (χ0n) is 15.4. The fourth-order valence-corrected chi connectivity index (χ4v) is 2.98. The van der Waals surface area contributed by atoms with Crippen molar-refractivity contribution >= 4 is 11.6 Å². The Morgan fingerprint density at radius 3 is 2.56 bits per heavy atom. The number of morpholine rings is 1. The van der Waals surface area contributed by atoms with Crippen molar-refractivity contribution in [1.29, 1.82) is 0 Å². The molecular formula is C18H23N5O4. The maximum absolute atomic E-state index is 12.4. The number of benzene rings is 1. The van der Waals surface area contributed by atoms with Gasteiger partial charge in [0.15, 0.2) is 5.69 Å². The molecule has 0 spiro atoms. The summed E-state index contributed by atoms with van der Waals surface area (Å²) in [7, 11) is 0. The summed E-state index contributed by atoms with van der Waals surface area (Å²) < 4.78 is 6.90. The third-order valence-corrected chi connectivity index (χ3v) is 4.70. The Bertz CT molecular complexity index is 809. The molecule has 2 heterocycles. The number of amides is 1. The van der Waals surface area contributed by atoms with Gasteiger partial charge in [-0.2, -0.15) is 5.10 Å². The highest BCUT2D eigenvalue weighted by atomic mass is 16.6. The molecule has 1 fully saturated rings. The third kappa shape index (κ3) is 4.50. The molecule has 1 aromatic carbocycles. The molecule has 0 bridgehead atoms. The highest BCUT2D eigenvalue weighted by molar-refractivity contribution is 5.92. The number of carbonyl (C=O) groups excluding carboxylic acids is 1. The number of hydrogen-bond donors (Lipinski definition) is 1. The standard InChI is InChI=1S/C18H23N5O4/c1-18(2,21-9-11-27-12-10-21)13-19-17(24)16-7-8-22(20-16)14-3-5-15(6-4-14)23(25)26/h3-8H,9-13H2,1-2H3,(H,19,24). The molecule has 9 heteroatoms. The van der Waals surface area contributed by atoms with Crippen LogP contribution in [0.2, 0.25) is 0 Å². The van der Waals surface area contributed by atoms with Crippen molar-refractivity contribution < 1.29 is 14.5 Å². The van der Waals surface area contributed by atoms with E-state index in [0.717, 1.165) is 13.1 Å². The highest BCUT2D eigenvalue weighted by Crippen LogP contribution is 2.16. The van der Waals surface area contributed by atoms with Crippen LogP contribution in [-0.2, 0) is 4.74 Å². The first-order valence-electron chi connectivity index (χ1n) is 8.78. The van der Waals surface area contributed by atoms with Gasteiger partial charge in [0.1, 0.15) is 0 Å². The SMILES string of the molecule is CC(C)(CNC(=O)c1ccn(-c2ccc([N+](=O)[O-])cc2)n1)N1CCOCC1. The molecular weight excluding hydrogens is 350 g/mol. The predicted molar refractivity (Wildman–Crippen MR) is 99.0 cm³/mol. The van der Waals surface area contributed by atoms with Crippen LogP contribution in [-0.4, -0.2) is 63.9 Å². The van der Waals surface area contributed by atoms with Crippen LogP contribution in [0, 0.1) is 10.1 Å². The zero-order valence-corrected chi connectivity index (χ0v) is 15.4. The van der Waals surface area contributed by atoms with Gasteiger partial charge in [-0.3, -0.25) is 19.8 Å². The maximum Gasteiger partial charge on any atom is 0.271 e. The van der Waals surface area contributed by atoms with Gasteiger partial charge in [-0.05, 0) is 32.0 Å². The number of nitrogens with one attached hydrogen (secondary N) is 1. The average Bonchev–Trinajstić information content (AvgIpc) is 3.17. The van der Waals surface area contributed by atoms with Crippen LogP contribution in [0.1, 0.15) is 24.3 Å². The first kappa shape index (κ1) is 19.0. The van der Waals surface area contributed by atoms with Crippen LogP contribution in [0.5, 0.6) is 0 Å². The van der Waals surface area contributed by atoms with Gasteiger partial charge in [-0.1, -0.05) is 0 Å². The minimum absolute atomic E-state index is 0.00853. The number of nitro benzene ring substituents is 1. The Morgan fingerprint density at radius 2 is 1.93 bits per heavy atom. The summed E-state index contributed by atoms with van der Waals surface area (Å²) in [6.45, 7) is 7.78. The van der Waals surface area contributed by atoms with Gasteiger partial charge >= 0.3 is 0 Å². The second-order valence-corrected chi connectivity index (χ2v) is 7.01. The lowest BCUT2D eigenvalue weighted by Gasteiger charge is -2.40. The summed E-state index contributed by atoms with van der Waals surface area (Å²) in [6.07, 6.45) is 1.66. The largest absolute Gasteiger partial charge is 0.379 e. The molecule has 144 valence electrons. The fraction of sp³-hybridized carbons (Fsp3) is 0.444. The van der Waals surface area contributed by atoms with Crippen LogP contribution in [0.4, 0.5) is 5.69 Å². The van der Waals surface area contributed by atoms with E-state index >= 15 is 0 Å². The van der Waals surface area contributed by atoms with Crippen LogP contribution < -0.4 is 5.32 Å². The Kier molecular flexibility index (Phi) is 5.52. The summed E-state index contributed by atoms with van der Waals surface area (Å²) >= 11 is 0. The number of ether oxygens (including phenoxy) is 1. The molecule has 1 saturated heterocycles. The van der Waals surface area contributed by atoms with E-state index in [4.69, 9.17) is 4.74 Å². The summed E-state index contributed by atoms with van der Waals surface area (Å²) in [6, 6.07) is 7.62. The molecule has 0 saturated carbocycles.